The lowest BCUT2D eigenvalue weighted by Crippen LogP contribution is -2.43. The van der Waals surface area contributed by atoms with Gasteiger partial charge in [0.25, 0.3) is 0 Å². The topological polar surface area (TPSA) is 72.2 Å². The summed E-state index contributed by atoms with van der Waals surface area (Å²) in [5.74, 6) is 0.0274. The maximum atomic E-state index is 11.5. The van der Waals surface area contributed by atoms with E-state index in [9.17, 15) is 8.42 Å². The van der Waals surface area contributed by atoms with Gasteiger partial charge in [-0.15, -0.1) is 0 Å². The van der Waals surface area contributed by atoms with Crippen LogP contribution in [0.1, 0.15) is 33.1 Å². The summed E-state index contributed by atoms with van der Waals surface area (Å²) < 4.78 is 25.7. The fourth-order valence-corrected chi connectivity index (χ4v) is 3.27. The van der Waals surface area contributed by atoms with Crippen LogP contribution in [0.3, 0.4) is 0 Å². The highest BCUT2D eigenvalue weighted by Crippen LogP contribution is 2.37. The molecule has 0 bridgehead atoms. The van der Waals surface area contributed by atoms with Gasteiger partial charge < -0.3 is 5.73 Å². The Balaban J connectivity index is 2.60. The predicted molar refractivity (Wildman–Crippen MR) is 57.4 cm³/mol. The first kappa shape index (κ1) is 11.9. The standard InChI is InChI=1S/C9H20N2O2S/c1-9(2)5-3-4-8(9)11-14(12,13)7-6-10/h8,11H,3-7,10H2,1-2H3. The summed E-state index contributed by atoms with van der Waals surface area (Å²) in [7, 11) is -3.16. The van der Waals surface area contributed by atoms with Crippen LogP contribution in [-0.4, -0.2) is 26.8 Å². The summed E-state index contributed by atoms with van der Waals surface area (Å²) in [6.45, 7) is 4.40. The van der Waals surface area contributed by atoms with Gasteiger partial charge in [0.15, 0.2) is 0 Å². The van der Waals surface area contributed by atoms with Crippen LogP contribution in [0.2, 0.25) is 0 Å². The van der Waals surface area contributed by atoms with Gasteiger partial charge in [-0.3, -0.25) is 0 Å². The molecule has 4 nitrogen and oxygen atoms in total. The van der Waals surface area contributed by atoms with Crippen molar-refractivity contribution >= 4 is 10.0 Å². The smallest absolute Gasteiger partial charge is 0.213 e. The largest absolute Gasteiger partial charge is 0.329 e. The van der Waals surface area contributed by atoms with Crippen LogP contribution < -0.4 is 10.5 Å². The Hall–Kier alpha value is -0.130. The molecule has 0 aliphatic heterocycles. The minimum absolute atomic E-state index is 0.0274. The average molecular weight is 220 g/mol. The third-order valence-corrected chi connectivity index (χ3v) is 4.38. The van der Waals surface area contributed by atoms with E-state index in [4.69, 9.17) is 5.73 Å². The molecule has 1 saturated carbocycles. The number of rotatable bonds is 4. The van der Waals surface area contributed by atoms with Crippen LogP contribution in [-0.2, 0) is 10.0 Å². The molecule has 1 atom stereocenters. The van der Waals surface area contributed by atoms with E-state index in [1.165, 1.54) is 0 Å². The van der Waals surface area contributed by atoms with Gasteiger partial charge in [0.2, 0.25) is 10.0 Å². The van der Waals surface area contributed by atoms with E-state index < -0.39 is 10.0 Å². The lowest BCUT2D eigenvalue weighted by atomic mass is 9.88. The van der Waals surface area contributed by atoms with E-state index >= 15 is 0 Å². The third-order valence-electron chi connectivity index (χ3n) is 2.97. The summed E-state index contributed by atoms with van der Waals surface area (Å²) in [4.78, 5) is 0. The molecule has 1 fully saturated rings. The molecule has 0 aromatic heterocycles. The van der Waals surface area contributed by atoms with Crippen LogP contribution in [0, 0.1) is 5.41 Å². The number of hydrogen-bond acceptors (Lipinski definition) is 3. The van der Waals surface area contributed by atoms with E-state index in [1.54, 1.807) is 0 Å². The first-order valence-corrected chi connectivity index (χ1v) is 6.73. The van der Waals surface area contributed by atoms with Crippen LogP contribution in [0.25, 0.3) is 0 Å². The van der Waals surface area contributed by atoms with Crippen molar-refractivity contribution in [3.05, 3.63) is 0 Å². The predicted octanol–water partition coefficient (Wildman–Crippen LogP) is 0.443. The van der Waals surface area contributed by atoms with E-state index in [0.29, 0.717) is 0 Å². The SMILES string of the molecule is CC1(C)CCCC1NS(=O)(=O)CCN. The molecule has 3 N–H and O–H groups in total. The van der Waals surface area contributed by atoms with Crippen molar-refractivity contribution in [3.8, 4) is 0 Å². The average Bonchev–Trinajstić information content (AvgIpc) is 2.29. The molecule has 0 aromatic carbocycles. The van der Waals surface area contributed by atoms with Gasteiger partial charge in [-0.1, -0.05) is 20.3 Å². The van der Waals surface area contributed by atoms with Crippen molar-refractivity contribution in [2.24, 2.45) is 11.1 Å². The molecular formula is C9H20N2O2S. The fourth-order valence-electron chi connectivity index (χ4n) is 1.98. The maximum Gasteiger partial charge on any atom is 0.213 e. The number of nitrogens with one attached hydrogen (secondary N) is 1. The highest BCUT2D eigenvalue weighted by Gasteiger charge is 2.36. The Morgan fingerprint density at radius 3 is 2.57 bits per heavy atom. The van der Waals surface area contributed by atoms with Gasteiger partial charge in [0.05, 0.1) is 5.75 Å². The van der Waals surface area contributed by atoms with Gasteiger partial charge in [-0.2, -0.15) is 0 Å². The Morgan fingerprint density at radius 1 is 1.50 bits per heavy atom. The normalized spacial score (nSPS) is 26.6. The van der Waals surface area contributed by atoms with Crippen LogP contribution in [0.15, 0.2) is 0 Å². The molecule has 0 heterocycles. The Labute approximate surface area is 86.3 Å². The van der Waals surface area contributed by atoms with Crippen molar-refractivity contribution < 1.29 is 8.42 Å². The Bertz CT molecular complexity index is 285. The fraction of sp³-hybridized carbons (Fsp3) is 1.00. The van der Waals surface area contributed by atoms with Crippen LogP contribution >= 0.6 is 0 Å². The molecule has 0 spiro atoms. The van der Waals surface area contributed by atoms with Crippen molar-refractivity contribution in [1.29, 1.82) is 0 Å². The summed E-state index contributed by atoms with van der Waals surface area (Å²) in [6.07, 6.45) is 3.13. The zero-order chi connectivity index (χ0) is 10.8. The molecule has 0 amide bonds. The van der Waals surface area contributed by atoms with E-state index in [-0.39, 0.29) is 23.8 Å². The summed E-state index contributed by atoms with van der Waals surface area (Å²) >= 11 is 0. The summed E-state index contributed by atoms with van der Waals surface area (Å²) in [5.41, 5.74) is 5.32. The van der Waals surface area contributed by atoms with E-state index in [2.05, 4.69) is 18.6 Å². The van der Waals surface area contributed by atoms with E-state index in [1.807, 2.05) is 0 Å². The van der Waals surface area contributed by atoms with Gasteiger partial charge in [-0.25, -0.2) is 13.1 Å². The van der Waals surface area contributed by atoms with Crippen molar-refractivity contribution in [2.75, 3.05) is 12.3 Å². The molecule has 0 saturated heterocycles. The van der Waals surface area contributed by atoms with Gasteiger partial charge in [0, 0.05) is 12.6 Å². The second-order valence-corrected chi connectivity index (χ2v) is 6.53. The van der Waals surface area contributed by atoms with Gasteiger partial charge >= 0.3 is 0 Å². The highest BCUT2D eigenvalue weighted by atomic mass is 32.2. The van der Waals surface area contributed by atoms with Crippen molar-refractivity contribution in [2.45, 2.75) is 39.2 Å². The molecular weight excluding hydrogens is 200 g/mol. The molecule has 0 radical (unpaired) electrons. The molecule has 1 rings (SSSR count). The Morgan fingerprint density at radius 2 is 2.14 bits per heavy atom. The third kappa shape index (κ3) is 2.93. The first-order valence-electron chi connectivity index (χ1n) is 5.07. The number of nitrogens with two attached hydrogens (primary N) is 1. The number of sulfonamides is 1. The van der Waals surface area contributed by atoms with Crippen LogP contribution in [0.5, 0.6) is 0 Å². The maximum absolute atomic E-state index is 11.5. The Kier molecular flexibility index (Phi) is 3.55. The van der Waals surface area contributed by atoms with Gasteiger partial charge in [-0.05, 0) is 18.3 Å². The second-order valence-electron chi connectivity index (χ2n) is 4.66. The molecule has 1 aliphatic rings. The monoisotopic (exact) mass is 220 g/mol. The zero-order valence-corrected chi connectivity index (χ0v) is 9.73. The van der Waals surface area contributed by atoms with Crippen molar-refractivity contribution in [3.63, 3.8) is 0 Å². The lowest BCUT2D eigenvalue weighted by molar-refractivity contribution is 0.313. The van der Waals surface area contributed by atoms with Gasteiger partial charge in [0.1, 0.15) is 0 Å². The minimum Gasteiger partial charge on any atom is -0.329 e. The number of hydrogen-bond donors (Lipinski definition) is 2. The van der Waals surface area contributed by atoms with Crippen LogP contribution in [0.4, 0.5) is 0 Å². The lowest BCUT2D eigenvalue weighted by Gasteiger charge is -2.27. The molecule has 1 unspecified atom stereocenters. The molecule has 5 heteroatoms. The van der Waals surface area contributed by atoms with E-state index in [0.717, 1.165) is 19.3 Å². The second kappa shape index (κ2) is 4.16. The highest BCUT2D eigenvalue weighted by molar-refractivity contribution is 7.89. The molecule has 84 valence electrons. The zero-order valence-electron chi connectivity index (χ0n) is 8.91. The van der Waals surface area contributed by atoms with Crippen molar-refractivity contribution in [1.82, 2.24) is 4.72 Å². The quantitative estimate of drug-likeness (QED) is 0.722. The molecule has 1 aliphatic carbocycles. The molecule has 0 aromatic rings. The first-order chi connectivity index (χ1) is 6.37. The minimum atomic E-state index is -3.16. The summed E-state index contributed by atoms with van der Waals surface area (Å²) in [6, 6.07) is 0.0825. The summed E-state index contributed by atoms with van der Waals surface area (Å²) in [5, 5.41) is 0. The molecule has 14 heavy (non-hydrogen) atoms.